The van der Waals surface area contributed by atoms with Crippen LogP contribution in [-0.2, 0) is 6.18 Å². The van der Waals surface area contributed by atoms with Crippen molar-refractivity contribution in [3.05, 3.63) is 29.8 Å². The van der Waals surface area contributed by atoms with Gasteiger partial charge in [-0.05, 0) is 26.3 Å². The van der Waals surface area contributed by atoms with Gasteiger partial charge in [-0.25, -0.2) is 4.98 Å². The second-order valence-corrected chi connectivity index (χ2v) is 4.36. The summed E-state index contributed by atoms with van der Waals surface area (Å²) in [5.74, 6) is 0.0612. The molecule has 0 amide bonds. The van der Waals surface area contributed by atoms with Crippen LogP contribution < -0.4 is 4.74 Å². The summed E-state index contributed by atoms with van der Waals surface area (Å²) in [6.45, 7) is 3.63. The zero-order valence-corrected chi connectivity index (χ0v) is 8.93. The van der Waals surface area contributed by atoms with Crippen molar-refractivity contribution in [2.45, 2.75) is 32.0 Å². The number of ether oxygens (including phenoxy) is 1. The smallest absolute Gasteiger partial charge is 0.433 e. The van der Waals surface area contributed by atoms with Crippen molar-refractivity contribution in [2.24, 2.45) is 0 Å². The summed E-state index contributed by atoms with van der Waals surface area (Å²) >= 11 is 0. The highest BCUT2D eigenvalue weighted by Crippen LogP contribution is 2.36. The fraction of sp³-hybridized carbons (Fsp3) is 0.455. The highest BCUT2D eigenvalue weighted by Gasteiger charge is 2.35. The van der Waals surface area contributed by atoms with Gasteiger partial charge in [0, 0.05) is 12.0 Å². The Morgan fingerprint density at radius 2 is 2.00 bits per heavy atom. The molecule has 1 radical (unpaired) electrons. The molecule has 0 unspecified atom stereocenters. The third-order valence-corrected chi connectivity index (χ3v) is 2.37. The molecule has 0 atom stereocenters. The largest absolute Gasteiger partial charge is 0.471 e. The number of alkyl halides is 3. The SMILES string of the molecule is CC1(C)C[CH]c2ccc(C(F)(F)F)nc2O1. The Morgan fingerprint density at radius 1 is 1.31 bits per heavy atom. The summed E-state index contributed by atoms with van der Waals surface area (Å²) in [5, 5.41) is 0. The quantitative estimate of drug-likeness (QED) is 0.682. The van der Waals surface area contributed by atoms with Gasteiger partial charge in [0.2, 0.25) is 5.88 Å². The lowest BCUT2D eigenvalue weighted by molar-refractivity contribution is -0.141. The molecule has 1 aliphatic heterocycles. The standard InChI is InChI=1S/C11H11F3NO/c1-10(2)6-5-7-3-4-8(11(12,13)14)15-9(7)16-10/h3-5H,6H2,1-2H3. The van der Waals surface area contributed by atoms with Crippen LogP contribution in [0.25, 0.3) is 0 Å². The van der Waals surface area contributed by atoms with Gasteiger partial charge >= 0.3 is 6.18 Å². The van der Waals surface area contributed by atoms with E-state index in [1.807, 2.05) is 20.3 Å². The zero-order valence-electron chi connectivity index (χ0n) is 8.93. The van der Waals surface area contributed by atoms with Crippen molar-refractivity contribution < 1.29 is 17.9 Å². The van der Waals surface area contributed by atoms with E-state index in [0.29, 0.717) is 12.0 Å². The first-order valence-electron chi connectivity index (χ1n) is 4.88. The molecule has 1 aromatic heterocycles. The fourth-order valence-corrected chi connectivity index (χ4v) is 1.51. The van der Waals surface area contributed by atoms with Crippen LogP contribution in [-0.4, -0.2) is 10.6 Å². The minimum absolute atomic E-state index is 0.0612. The number of pyridine rings is 1. The molecule has 0 saturated heterocycles. The molecular formula is C11H11F3NO. The molecule has 2 heterocycles. The summed E-state index contributed by atoms with van der Waals surface area (Å²) in [6.07, 6.45) is -1.93. The van der Waals surface area contributed by atoms with Gasteiger partial charge in [-0.3, -0.25) is 0 Å². The van der Waals surface area contributed by atoms with E-state index in [2.05, 4.69) is 4.98 Å². The van der Waals surface area contributed by atoms with E-state index in [9.17, 15) is 13.2 Å². The Morgan fingerprint density at radius 3 is 2.62 bits per heavy atom. The van der Waals surface area contributed by atoms with Gasteiger partial charge < -0.3 is 4.74 Å². The predicted molar refractivity (Wildman–Crippen MR) is 52.0 cm³/mol. The lowest BCUT2D eigenvalue weighted by Gasteiger charge is -2.31. The van der Waals surface area contributed by atoms with Crippen molar-refractivity contribution in [1.82, 2.24) is 4.98 Å². The molecule has 0 spiro atoms. The Labute approximate surface area is 91.4 Å². The van der Waals surface area contributed by atoms with Gasteiger partial charge in [0.15, 0.2) is 0 Å². The number of nitrogens with zero attached hydrogens (tertiary/aromatic N) is 1. The van der Waals surface area contributed by atoms with E-state index >= 15 is 0 Å². The van der Waals surface area contributed by atoms with Gasteiger partial charge in [-0.15, -0.1) is 0 Å². The Kier molecular flexibility index (Phi) is 2.36. The van der Waals surface area contributed by atoms with E-state index in [-0.39, 0.29) is 5.88 Å². The molecule has 2 rings (SSSR count). The lowest BCUT2D eigenvalue weighted by atomic mass is 9.96. The molecule has 0 aliphatic carbocycles. The third-order valence-electron chi connectivity index (χ3n) is 2.37. The second kappa shape index (κ2) is 3.37. The molecule has 16 heavy (non-hydrogen) atoms. The van der Waals surface area contributed by atoms with Crippen LogP contribution in [0.5, 0.6) is 5.88 Å². The van der Waals surface area contributed by atoms with Crippen LogP contribution in [0.2, 0.25) is 0 Å². The van der Waals surface area contributed by atoms with Crippen LogP contribution in [0.3, 0.4) is 0 Å². The molecule has 0 fully saturated rings. The molecule has 0 saturated carbocycles. The van der Waals surface area contributed by atoms with Gasteiger partial charge in [0.1, 0.15) is 11.3 Å². The first kappa shape index (κ1) is 11.2. The highest BCUT2D eigenvalue weighted by molar-refractivity contribution is 5.37. The number of fused-ring (bicyclic) bond motifs is 1. The number of hydrogen-bond acceptors (Lipinski definition) is 2. The summed E-state index contributed by atoms with van der Waals surface area (Å²) in [6, 6.07) is 2.36. The molecule has 5 heteroatoms. The lowest BCUT2D eigenvalue weighted by Crippen LogP contribution is -2.32. The first-order chi connectivity index (χ1) is 7.28. The van der Waals surface area contributed by atoms with E-state index in [1.54, 1.807) is 0 Å². The van der Waals surface area contributed by atoms with E-state index in [4.69, 9.17) is 4.74 Å². The highest BCUT2D eigenvalue weighted by atomic mass is 19.4. The number of rotatable bonds is 0. The fourth-order valence-electron chi connectivity index (χ4n) is 1.51. The molecule has 0 N–H and O–H groups in total. The molecule has 2 nitrogen and oxygen atoms in total. The average Bonchev–Trinajstić information content (AvgIpc) is 2.13. The van der Waals surface area contributed by atoms with E-state index in [0.717, 1.165) is 6.07 Å². The summed E-state index contributed by atoms with van der Waals surface area (Å²) in [4.78, 5) is 3.50. The van der Waals surface area contributed by atoms with Crippen molar-refractivity contribution in [3.63, 3.8) is 0 Å². The summed E-state index contributed by atoms with van der Waals surface area (Å²) in [5.41, 5.74) is -0.797. The Hall–Kier alpha value is -1.26. The van der Waals surface area contributed by atoms with Crippen LogP contribution in [0.4, 0.5) is 13.2 Å². The summed E-state index contributed by atoms with van der Waals surface area (Å²) < 4.78 is 42.7. The minimum atomic E-state index is -4.43. The van der Waals surface area contributed by atoms with Gasteiger partial charge in [0.25, 0.3) is 0 Å². The zero-order chi connectivity index (χ0) is 12.0. The van der Waals surface area contributed by atoms with Crippen LogP contribution in [0, 0.1) is 6.42 Å². The van der Waals surface area contributed by atoms with Crippen LogP contribution in [0.15, 0.2) is 12.1 Å². The van der Waals surface area contributed by atoms with E-state index in [1.165, 1.54) is 6.07 Å². The van der Waals surface area contributed by atoms with Crippen molar-refractivity contribution in [1.29, 1.82) is 0 Å². The topological polar surface area (TPSA) is 22.1 Å². The third kappa shape index (κ3) is 2.13. The normalized spacial score (nSPS) is 18.8. The molecule has 0 aromatic carbocycles. The maximum Gasteiger partial charge on any atom is 0.433 e. The number of aromatic nitrogens is 1. The first-order valence-corrected chi connectivity index (χ1v) is 4.88. The van der Waals surface area contributed by atoms with Crippen LogP contribution in [0.1, 0.15) is 31.5 Å². The average molecular weight is 230 g/mol. The molecule has 1 aromatic rings. The number of hydrogen-bond donors (Lipinski definition) is 0. The molecule has 0 bridgehead atoms. The van der Waals surface area contributed by atoms with Gasteiger partial charge in [-0.2, -0.15) is 13.2 Å². The maximum atomic E-state index is 12.4. The minimum Gasteiger partial charge on any atom is -0.471 e. The second-order valence-electron chi connectivity index (χ2n) is 4.36. The van der Waals surface area contributed by atoms with E-state index < -0.39 is 17.5 Å². The summed E-state index contributed by atoms with van der Waals surface area (Å²) in [7, 11) is 0. The maximum absolute atomic E-state index is 12.4. The predicted octanol–water partition coefficient (Wildman–Crippen LogP) is 3.21. The Balaban J connectivity index is 2.39. The van der Waals surface area contributed by atoms with Gasteiger partial charge in [-0.1, -0.05) is 6.07 Å². The van der Waals surface area contributed by atoms with Gasteiger partial charge in [0.05, 0.1) is 0 Å². The van der Waals surface area contributed by atoms with Crippen molar-refractivity contribution in [2.75, 3.05) is 0 Å². The molecule has 87 valence electrons. The van der Waals surface area contributed by atoms with Crippen molar-refractivity contribution >= 4 is 0 Å². The Bertz CT molecular complexity index is 412. The molecular weight excluding hydrogens is 219 g/mol. The van der Waals surface area contributed by atoms with Crippen molar-refractivity contribution in [3.8, 4) is 5.88 Å². The molecule has 1 aliphatic rings. The number of halogens is 3. The monoisotopic (exact) mass is 230 g/mol. The van der Waals surface area contributed by atoms with Crippen LogP contribution >= 0.6 is 0 Å².